The van der Waals surface area contributed by atoms with E-state index in [1.54, 1.807) is 0 Å². The molecule has 3 nitrogen and oxygen atoms in total. The topological polar surface area (TPSA) is 29.5 Å². The summed E-state index contributed by atoms with van der Waals surface area (Å²) < 4.78 is 5.36. The van der Waals surface area contributed by atoms with E-state index in [1.165, 1.54) is 50.0 Å². The number of hydrogen-bond donors (Lipinski definition) is 0. The Hall–Kier alpha value is -1.61. The van der Waals surface area contributed by atoms with E-state index in [1.807, 2.05) is 39.0 Å². The molecule has 3 saturated heterocycles. The molecule has 1 aromatic carbocycles. The number of esters is 1. The number of carbonyl (C=O) groups is 1. The number of benzene rings is 1. The molecule has 1 radical (unpaired) electrons. The summed E-state index contributed by atoms with van der Waals surface area (Å²) >= 11 is 0. The van der Waals surface area contributed by atoms with Crippen molar-refractivity contribution in [1.29, 1.82) is 0 Å². The summed E-state index contributed by atoms with van der Waals surface area (Å²) in [6.45, 7) is 9.45. The highest BCUT2D eigenvalue weighted by Crippen LogP contribution is 2.43. The first-order chi connectivity index (χ1) is 11.9. The van der Waals surface area contributed by atoms with Crippen LogP contribution in [0.2, 0.25) is 0 Å². The van der Waals surface area contributed by atoms with Gasteiger partial charge < -0.3 is 9.64 Å². The molecule has 3 heterocycles. The fourth-order valence-corrected chi connectivity index (χ4v) is 4.02. The minimum atomic E-state index is -0.425. The second kappa shape index (κ2) is 7.33. The van der Waals surface area contributed by atoms with E-state index in [-0.39, 0.29) is 5.97 Å². The summed E-state index contributed by atoms with van der Waals surface area (Å²) in [6, 6.07) is 9.42. The molecule has 2 bridgehead atoms. The highest BCUT2D eigenvalue weighted by Gasteiger charge is 2.39. The Labute approximate surface area is 152 Å². The number of carbonyl (C=O) groups excluding carboxylic acids is 1. The molecule has 0 unspecified atom stereocenters. The third-order valence-electron chi connectivity index (χ3n) is 5.43. The van der Waals surface area contributed by atoms with E-state index in [0.717, 1.165) is 6.42 Å². The zero-order valence-electron chi connectivity index (χ0n) is 15.8. The molecule has 0 aliphatic carbocycles. The molecular weight excluding hydrogens is 310 g/mol. The number of nitrogens with zero attached hydrogens (tertiary/aromatic N) is 1. The summed E-state index contributed by atoms with van der Waals surface area (Å²) in [5, 5.41) is 0. The van der Waals surface area contributed by atoms with Crippen LogP contribution >= 0.6 is 0 Å². The summed E-state index contributed by atoms with van der Waals surface area (Å²) in [6.07, 6.45) is 9.37. The van der Waals surface area contributed by atoms with Crippen LogP contribution in [0.4, 0.5) is 0 Å². The summed E-state index contributed by atoms with van der Waals surface area (Å²) in [5.41, 5.74) is 2.62. The van der Waals surface area contributed by atoms with Crippen LogP contribution in [0.15, 0.2) is 24.3 Å². The van der Waals surface area contributed by atoms with E-state index in [2.05, 4.69) is 23.1 Å². The summed E-state index contributed by atoms with van der Waals surface area (Å²) in [4.78, 5) is 14.5. The normalized spacial score (nSPS) is 26.1. The predicted molar refractivity (Wildman–Crippen MR) is 101 cm³/mol. The van der Waals surface area contributed by atoms with Gasteiger partial charge in [-0.05, 0) is 94.8 Å². The van der Waals surface area contributed by atoms with E-state index in [9.17, 15) is 4.79 Å². The van der Waals surface area contributed by atoms with Crippen molar-refractivity contribution in [3.05, 3.63) is 41.5 Å². The molecule has 3 fully saturated rings. The highest BCUT2D eigenvalue weighted by atomic mass is 16.6. The van der Waals surface area contributed by atoms with Gasteiger partial charge in [0.15, 0.2) is 0 Å². The van der Waals surface area contributed by atoms with Gasteiger partial charge >= 0.3 is 5.97 Å². The van der Waals surface area contributed by atoms with Gasteiger partial charge in [-0.2, -0.15) is 0 Å². The Kier molecular flexibility index (Phi) is 5.33. The zero-order chi connectivity index (χ0) is 17.9. The first-order valence-corrected chi connectivity index (χ1v) is 9.45. The highest BCUT2D eigenvalue weighted by molar-refractivity contribution is 5.73. The Bertz CT molecular complexity index is 620. The maximum atomic E-state index is 11.9. The lowest BCUT2D eigenvalue weighted by Crippen LogP contribution is -2.49. The summed E-state index contributed by atoms with van der Waals surface area (Å²) in [7, 11) is 0. The Balaban J connectivity index is 1.65. The van der Waals surface area contributed by atoms with Crippen LogP contribution in [0.25, 0.3) is 6.08 Å². The van der Waals surface area contributed by atoms with Crippen molar-refractivity contribution in [2.75, 3.05) is 19.6 Å². The monoisotopic (exact) mass is 340 g/mol. The second-order valence-electron chi connectivity index (χ2n) is 8.59. The maximum absolute atomic E-state index is 11.9. The van der Waals surface area contributed by atoms with Gasteiger partial charge in [0.2, 0.25) is 0 Å². The Morgan fingerprint density at radius 2 is 1.96 bits per heavy atom. The Morgan fingerprint density at radius 1 is 1.28 bits per heavy atom. The molecule has 0 atom stereocenters. The molecule has 0 spiro atoms. The molecular formula is C22H30NO2. The number of fused-ring (bicyclic) bond motifs is 3. The maximum Gasteiger partial charge on any atom is 0.310 e. The molecule has 0 amide bonds. The van der Waals surface area contributed by atoms with Crippen molar-refractivity contribution >= 4 is 12.0 Å². The van der Waals surface area contributed by atoms with Gasteiger partial charge in [0, 0.05) is 0 Å². The van der Waals surface area contributed by atoms with Gasteiger partial charge in [0.1, 0.15) is 5.60 Å². The molecule has 4 rings (SSSR count). The molecule has 0 saturated carbocycles. The number of ether oxygens (including phenoxy) is 1. The standard InChI is InChI=1S/C22H30NO2/c1-21(2,3)25-20(24)10-6-9-18-7-4-5-8-19(18)17-22-11-14-23(15-12-22)16-13-22/h5-9H,10-17H2,1-3H3/b9-6+. The Morgan fingerprint density at radius 3 is 2.60 bits per heavy atom. The first kappa shape index (κ1) is 18.2. The molecule has 0 N–H and O–H groups in total. The number of hydrogen-bond acceptors (Lipinski definition) is 3. The van der Waals surface area contributed by atoms with Gasteiger partial charge in [-0.25, -0.2) is 0 Å². The lowest BCUT2D eigenvalue weighted by Gasteiger charge is -2.48. The van der Waals surface area contributed by atoms with Crippen molar-refractivity contribution < 1.29 is 9.53 Å². The van der Waals surface area contributed by atoms with Crippen LogP contribution < -0.4 is 0 Å². The van der Waals surface area contributed by atoms with Crippen molar-refractivity contribution in [1.82, 2.24) is 4.90 Å². The van der Waals surface area contributed by atoms with Crippen LogP contribution in [0.5, 0.6) is 0 Å². The average Bonchev–Trinajstić information content (AvgIpc) is 2.56. The van der Waals surface area contributed by atoms with Crippen molar-refractivity contribution in [3.63, 3.8) is 0 Å². The van der Waals surface area contributed by atoms with Crippen molar-refractivity contribution in [3.8, 4) is 0 Å². The molecule has 1 aromatic rings. The lowest BCUT2D eigenvalue weighted by molar-refractivity contribution is -0.153. The van der Waals surface area contributed by atoms with Crippen LogP contribution in [0, 0.1) is 11.5 Å². The van der Waals surface area contributed by atoms with Gasteiger partial charge in [-0.3, -0.25) is 4.79 Å². The van der Waals surface area contributed by atoms with Crippen molar-refractivity contribution in [2.45, 2.75) is 58.5 Å². The quantitative estimate of drug-likeness (QED) is 0.750. The minimum absolute atomic E-state index is 0.177. The molecule has 25 heavy (non-hydrogen) atoms. The number of piperidine rings is 3. The largest absolute Gasteiger partial charge is 0.460 e. The van der Waals surface area contributed by atoms with E-state index in [4.69, 9.17) is 4.74 Å². The SMILES string of the molecule is CC(C)(C)OC(=O)C/C=C/c1c[c]ccc1CC12CCN(CC1)CC2. The second-order valence-corrected chi connectivity index (χ2v) is 8.59. The lowest BCUT2D eigenvalue weighted by atomic mass is 9.68. The van der Waals surface area contributed by atoms with Gasteiger partial charge in [0.25, 0.3) is 0 Å². The molecule has 135 valence electrons. The van der Waals surface area contributed by atoms with Crippen LogP contribution in [0.3, 0.4) is 0 Å². The molecule has 3 aliphatic rings. The smallest absolute Gasteiger partial charge is 0.310 e. The molecule has 3 heteroatoms. The van der Waals surface area contributed by atoms with Gasteiger partial charge in [0.05, 0.1) is 6.42 Å². The summed E-state index contributed by atoms with van der Waals surface area (Å²) in [5.74, 6) is -0.177. The van der Waals surface area contributed by atoms with Crippen LogP contribution in [-0.2, 0) is 16.0 Å². The third kappa shape index (κ3) is 4.94. The van der Waals surface area contributed by atoms with Gasteiger partial charge in [-0.15, -0.1) is 0 Å². The third-order valence-corrected chi connectivity index (χ3v) is 5.43. The van der Waals surface area contributed by atoms with Gasteiger partial charge in [-0.1, -0.05) is 24.3 Å². The zero-order valence-corrected chi connectivity index (χ0v) is 15.8. The predicted octanol–water partition coefficient (Wildman–Crippen LogP) is 4.26. The number of rotatable bonds is 5. The van der Waals surface area contributed by atoms with Crippen molar-refractivity contribution in [2.24, 2.45) is 5.41 Å². The fourth-order valence-electron chi connectivity index (χ4n) is 4.02. The average molecular weight is 340 g/mol. The molecule has 3 aliphatic heterocycles. The molecule has 0 aromatic heterocycles. The van der Waals surface area contributed by atoms with E-state index < -0.39 is 5.60 Å². The minimum Gasteiger partial charge on any atom is -0.460 e. The van der Waals surface area contributed by atoms with Crippen LogP contribution in [-0.4, -0.2) is 36.1 Å². The first-order valence-electron chi connectivity index (χ1n) is 9.45. The van der Waals surface area contributed by atoms with E-state index >= 15 is 0 Å². The van der Waals surface area contributed by atoms with Crippen LogP contribution in [0.1, 0.15) is 57.6 Å². The van der Waals surface area contributed by atoms with E-state index in [0.29, 0.717) is 11.8 Å². The fraction of sp³-hybridized carbons (Fsp3) is 0.591.